The first-order valence-electron chi connectivity index (χ1n) is 7.71. The lowest BCUT2D eigenvalue weighted by atomic mass is 10.0. The molecule has 0 aliphatic heterocycles. The van der Waals surface area contributed by atoms with Crippen LogP contribution in [0.5, 0.6) is 11.5 Å². The van der Waals surface area contributed by atoms with Crippen molar-refractivity contribution in [2.45, 2.75) is 26.3 Å². The predicted molar refractivity (Wildman–Crippen MR) is 90.9 cm³/mol. The van der Waals surface area contributed by atoms with Gasteiger partial charge < -0.3 is 14.8 Å². The van der Waals surface area contributed by atoms with Crippen molar-refractivity contribution in [2.24, 2.45) is 0 Å². The number of ether oxygens (including phenoxy) is 2. The van der Waals surface area contributed by atoms with Gasteiger partial charge in [-0.15, -0.1) is 0 Å². The Labute approximate surface area is 137 Å². The van der Waals surface area contributed by atoms with Gasteiger partial charge >= 0.3 is 0 Å². The molecule has 0 aliphatic carbocycles. The summed E-state index contributed by atoms with van der Waals surface area (Å²) >= 11 is 0. The molecule has 0 bridgehead atoms. The highest BCUT2D eigenvalue weighted by Crippen LogP contribution is 2.19. The van der Waals surface area contributed by atoms with E-state index in [4.69, 9.17) is 9.47 Å². The van der Waals surface area contributed by atoms with Crippen LogP contribution in [0.4, 0.5) is 0 Å². The van der Waals surface area contributed by atoms with Gasteiger partial charge in [-0.2, -0.15) is 0 Å². The van der Waals surface area contributed by atoms with Crippen molar-refractivity contribution >= 4 is 5.91 Å². The van der Waals surface area contributed by atoms with Gasteiger partial charge in [0.25, 0.3) is 5.91 Å². The summed E-state index contributed by atoms with van der Waals surface area (Å²) in [7, 11) is 1.62. The number of carbonyl (C=O) groups is 1. The van der Waals surface area contributed by atoms with Crippen molar-refractivity contribution in [1.29, 1.82) is 0 Å². The van der Waals surface area contributed by atoms with E-state index in [0.717, 1.165) is 11.3 Å². The maximum absolute atomic E-state index is 11.9. The molecule has 0 radical (unpaired) electrons. The van der Waals surface area contributed by atoms with Crippen molar-refractivity contribution in [3.8, 4) is 11.5 Å². The van der Waals surface area contributed by atoms with Gasteiger partial charge in [-0.3, -0.25) is 4.79 Å². The third-order valence-corrected chi connectivity index (χ3v) is 3.59. The van der Waals surface area contributed by atoms with Gasteiger partial charge in [0.2, 0.25) is 0 Å². The fourth-order valence-electron chi connectivity index (χ4n) is 2.19. The Morgan fingerprint density at radius 2 is 1.78 bits per heavy atom. The zero-order chi connectivity index (χ0) is 16.7. The van der Waals surface area contributed by atoms with Crippen LogP contribution in [0.2, 0.25) is 0 Å². The van der Waals surface area contributed by atoms with E-state index in [-0.39, 0.29) is 12.5 Å². The molecule has 0 unspecified atom stereocenters. The molecule has 0 aliphatic rings. The van der Waals surface area contributed by atoms with Crippen LogP contribution in [0.25, 0.3) is 0 Å². The van der Waals surface area contributed by atoms with Crippen LogP contribution in [-0.2, 0) is 11.3 Å². The normalized spacial score (nSPS) is 10.4. The van der Waals surface area contributed by atoms with Crippen LogP contribution >= 0.6 is 0 Å². The first kappa shape index (κ1) is 16.9. The van der Waals surface area contributed by atoms with Crippen molar-refractivity contribution in [3.05, 3.63) is 59.7 Å². The van der Waals surface area contributed by atoms with E-state index in [9.17, 15) is 4.79 Å². The monoisotopic (exact) mass is 313 g/mol. The van der Waals surface area contributed by atoms with Crippen LogP contribution < -0.4 is 14.8 Å². The number of para-hydroxylation sites is 1. The van der Waals surface area contributed by atoms with Crippen LogP contribution in [0.15, 0.2) is 48.5 Å². The molecule has 0 atom stereocenters. The molecule has 4 heteroatoms. The lowest BCUT2D eigenvalue weighted by molar-refractivity contribution is -0.123. The van der Waals surface area contributed by atoms with Gasteiger partial charge in [0, 0.05) is 12.1 Å². The largest absolute Gasteiger partial charge is 0.496 e. The number of benzene rings is 2. The van der Waals surface area contributed by atoms with Gasteiger partial charge in [0.1, 0.15) is 11.5 Å². The molecule has 122 valence electrons. The maximum atomic E-state index is 11.9. The number of hydrogen-bond acceptors (Lipinski definition) is 3. The third kappa shape index (κ3) is 5.02. The van der Waals surface area contributed by atoms with Gasteiger partial charge in [0.15, 0.2) is 6.61 Å². The van der Waals surface area contributed by atoms with E-state index in [1.54, 1.807) is 7.11 Å². The summed E-state index contributed by atoms with van der Waals surface area (Å²) in [4.78, 5) is 11.9. The summed E-state index contributed by atoms with van der Waals surface area (Å²) in [6.45, 7) is 4.69. The Morgan fingerprint density at radius 1 is 1.09 bits per heavy atom. The highest BCUT2D eigenvalue weighted by molar-refractivity contribution is 5.77. The van der Waals surface area contributed by atoms with Crippen molar-refractivity contribution in [3.63, 3.8) is 0 Å². The molecule has 23 heavy (non-hydrogen) atoms. The smallest absolute Gasteiger partial charge is 0.258 e. The molecule has 2 aromatic carbocycles. The number of rotatable bonds is 7. The average molecular weight is 313 g/mol. The quantitative estimate of drug-likeness (QED) is 0.851. The lowest BCUT2D eigenvalue weighted by Gasteiger charge is -2.11. The summed E-state index contributed by atoms with van der Waals surface area (Å²) < 4.78 is 10.8. The van der Waals surface area contributed by atoms with E-state index in [2.05, 4.69) is 19.2 Å². The van der Waals surface area contributed by atoms with E-state index in [1.807, 2.05) is 48.5 Å². The Morgan fingerprint density at radius 3 is 2.43 bits per heavy atom. The first-order valence-corrected chi connectivity index (χ1v) is 7.71. The number of carbonyl (C=O) groups excluding carboxylic acids is 1. The van der Waals surface area contributed by atoms with Gasteiger partial charge in [-0.1, -0.05) is 44.2 Å². The summed E-state index contributed by atoms with van der Waals surface area (Å²) in [5.74, 6) is 1.77. The van der Waals surface area contributed by atoms with Crippen LogP contribution in [0.1, 0.15) is 30.9 Å². The van der Waals surface area contributed by atoms with E-state index >= 15 is 0 Å². The Bertz CT molecular complexity index is 635. The second-order valence-electron chi connectivity index (χ2n) is 5.60. The topological polar surface area (TPSA) is 47.6 Å². The standard InChI is InChI=1S/C19H23NO3/c1-14(2)15-8-10-17(11-9-15)23-13-19(21)20-12-16-6-4-5-7-18(16)22-3/h4-11,14H,12-13H2,1-3H3,(H,20,21). The molecule has 4 nitrogen and oxygen atoms in total. The minimum Gasteiger partial charge on any atom is -0.496 e. The molecule has 0 heterocycles. The van der Waals surface area contributed by atoms with Gasteiger partial charge in [-0.05, 0) is 29.7 Å². The molecule has 2 rings (SSSR count). The lowest BCUT2D eigenvalue weighted by Crippen LogP contribution is -2.28. The predicted octanol–water partition coefficient (Wildman–Crippen LogP) is 3.51. The number of hydrogen-bond donors (Lipinski definition) is 1. The molecule has 0 spiro atoms. The minimum atomic E-state index is -0.163. The molecular weight excluding hydrogens is 290 g/mol. The van der Waals surface area contributed by atoms with Crippen molar-refractivity contribution in [1.82, 2.24) is 5.32 Å². The van der Waals surface area contributed by atoms with Gasteiger partial charge in [0.05, 0.1) is 7.11 Å². The van der Waals surface area contributed by atoms with Crippen LogP contribution in [0.3, 0.4) is 0 Å². The fourth-order valence-corrected chi connectivity index (χ4v) is 2.19. The Hall–Kier alpha value is -2.49. The SMILES string of the molecule is COc1ccccc1CNC(=O)COc1ccc(C(C)C)cc1. The molecule has 0 fully saturated rings. The molecule has 1 amide bonds. The van der Waals surface area contributed by atoms with E-state index < -0.39 is 0 Å². The average Bonchev–Trinajstić information content (AvgIpc) is 2.58. The second-order valence-corrected chi connectivity index (χ2v) is 5.60. The van der Waals surface area contributed by atoms with E-state index in [1.165, 1.54) is 5.56 Å². The molecule has 2 aromatic rings. The van der Waals surface area contributed by atoms with Crippen molar-refractivity contribution in [2.75, 3.05) is 13.7 Å². The summed E-state index contributed by atoms with van der Waals surface area (Å²) in [6.07, 6.45) is 0. The molecule has 0 saturated heterocycles. The van der Waals surface area contributed by atoms with Crippen molar-refractivity contribution < 1.29 is 14.3 Å². The summed E-state index contributed by atoms with van der Waals surface area (Å²) in [5.41, 5.74) is 2.18. The minimum absolute atomic E-state index is 0.00380. The molecule has 0 saturated carbocycles. The molecule has 0 aromatic heterocycles. The first-order chi connectivity index (χ1) is 11.1. The van der Waals surface area contributed by atoms with Gasteiger partial charge in [-0.25, -0.2) is 0 Å². The number of amides is 1. The summed E-state index contributed by atoms with van der Waals surface area (Å²) in [6, 6.07) is 15.4. The Kier molecular flexibility index (Phi) is 6.03. The molecular formula is C19H23NO3. The van der Waals surface area contributed by atoms with Crippen LogP contribution in [0, 0.1) is 0 Å². The fraction of sp³-hybridized carbons (Fsp3) is 0.316. The summed E-state index contributed by atoms with van der Waals surface area (Å²) in [5, 5.41) is 2.83. The maximum Gasteiger partial charge on any atom is 0.258 e. The number of nitrogens with one attached hydrogen (secondary N) is 1. The Balaban J connectivity index is 1.81. The zero-order valence-electron chi connectivity index (χ0n) is 13.8. The molecule has 1 N–H and O–H groups in total. The number of methoxy groups -OCH3 is 1. The second kappa shape index (κ2) is 8.22. The van der Waals surface area contributed by atoms with Crippen LogP contribution in [-0.4, -0.2) is 19.6 Å². The highest BCUT2D eigenvalue weighted by Gasteiger charge is 2.06. The highest BCUT2D eigenvalue weighted by atomic mass is 16.5. The zero-order valence-corrected chi connectivity index (χ0v) is 13.8. The van der Waals surface area contributed by atoms with E-state index in [0.29, 0.717) is 18.2 Å². The third-order valence-electron chi connectivity index (χ3n) is 3.59.